The van der Waals surface area contributed by atoms with Gasteiger partial charge in [-0.15, -0.1) is 10.2 Å². The number of nitrogens with zero attached hydrogens (tertiary/aromatic N) is 5. The summed E-state index contributed by atoms with van der Waals surface area (Å²) in [6.45, 7) is 0.742. The van der Waals surface area contributed by atoms with Gasteiger partial charge in [0.15, 0.2) is 5.69 Å². The molecule has 2 aromatic carbocycles. The van der Waals surface area contributed by atoms with Crippen LogP contribution in [0.2, 0.25) is 0 Å². The predicted molar refractivity (Wildman–Crippen MR) is 118 cm³/mol. The molecule has 0 fully saturated rings. The van der Waals surface area contributed by atoms with Crippen LogP contribution >= 0.6 is 11.3 Å². The Hall–Kier alpha value is -3.85. The van der Waals surface area contributed by atoms with E-state index in [2.05, 4.69) is 43.1 Å². The topological polar surface area (TPSA) is 97.1 Å². The maximum atomic E-state index is 12.3. The minimum absolute atomic E-state index is 0.257. The van der Waals surface area contributed by atoms with E-state index in [1.165, 1.54) is 16.9 Å². The van der Waals surface area contributed by atoms with Crippen molar-refractivity contribution in [3.8, 4) is 10.6 Å². The summed E-state index contributed by atoms with van der Waals surface area (Å²) in [6.07, 6.45) is 3.62. The first-order valence-corrected chi connectivity index (χ1v) is 10.1. The Morgan fingerprint density at radius 2 is 2.03 bits per heavy atom. The molecule has 2 aromatic heterocycles. The van der Waals surface area contributed by atoms with Crippen LogP contribution in [-0.2, 0) is 13.6 Å². The molecule has 1 amide bonds. The van der Waals surface area contributed by atoms with Crippen LogP contribution in [-0.4, -0.2) is 32.1 Å². The highest BCUT2D eigenvalue weighted by Gasteiger charge is 2.12. The summed E-state index contributed by atoms with van der Waals surface area (Å²) in [5.41, 5.74) is 5.21. The third kappa shape index (κ3) is 3.70. The molecule has 0 atom stereocenters. The zero-order valence-corrected chi connectivity index (χ0v) is 16.8. The van der Waals surface area contributed by atoms with E-state index < -0.39 is 0 Å². The number of hydrogen-bond donors (Lipinski definition) is 2. The van der Waals surface area contributed by atoms with Crippen molar-refractivity contribution in [2.45, 2.75) is 6.54 Å². The summed E-state index contributed by atoms with van der Waals surface area (Å²) in [5, 5.41) is 20.3. The Bertz CT molecular complexity index is 1270. The minimum atomic E-state index is -0.257. The summed E-state index contributed by atoms with van der Waals surface area (Å²) in [4.78, 5) is 16.6. The lowest BCUT2D eigenvalue weighted by molar-refractivity contribution is 0.102. The van der Waals surface area contributed by atoms with Gasteiger partial charge in [0.25, 0.3) is 5.91 Å². The maximum Gasteiger partial charge on any atom is 0.276 e. The molecule has 3 heterocycles. The van der Waals surface area contributed by atoms with Gasteiger partial charge in [-0.05, 0) is 41.5 Å². The van der Waals surface area contributed by atoms with Gasteiger partial charge in [-0.25, -0.2) is 0 Å². The molecule has 1 aliphatic rings. The average molecular weight is 415 g/mol. The van der Waals surface area contributed by atoms with Gasteiger partial charge >= 0.3 is 0 Å². The Labute approximate surface area is 176 Å². The van der Waals surface area contributed by atoms with E-state index in [9.17, 15) is 4.79 Å². The molecule has 9 heteroatoms. The van der Waals surface area contributed by atoms with Gasteiger partial charge in [0, 0.05) is 36.4 Å². The van der Waals surface area contributed by atoms with Crippen LogP contribution in [0.1, 0.15) is 21.6 Å². The van der Waals surface area contributed by atoms with Crippen LogP contribution < -0.4 is 10.6 Å². The molecule has 0 bridgehead atoms. The van der Waals surface area contributed by atoms with E-state index in [1.807, 2.05) is 36.5 Å². The number of carbonyl (C=O) groups excluding carboxylic acids is 1. The number of nitrogens with one attached hydrogen (secondary N) is 2. The number of benzene rings is 2. The second-order valence-corrected chi connectivity index (χ2v) is 7.81. The van der Waals surface area contributed by atoms with E-state index in [4.69, 9.17) is 0 Å². The van der Waals surface area contributed by atoms with Crippen molar-refractivity contribution in [3.05, 3.63) is 71.5 Å². The molecule has 0 spiro atoms. The molecular formula is C21H17N7OS. The molecule has 30 heavy (non-hydrogen) atoms. The zero-order valence-electron chi connectivity index (χ0n) is 16.0. The van der Waals surface area contributed by atoms with Gasteiger partial charge in [-0.2, -0.15) is 5.10 Å². The van der Waals surface area contributed by atoms with Crippen molar-refractivity contribution in [2.75, 3.05) is 10.6 Å². The highest BCUT2D eigenvalue weighted by molar-refractivity contribution is 7.18. The molecule has 0 radical (unpaired) electrons. The molecule has 0 unspecified atom stereocenters. The number of rotatable bonds is 5. The van der Waals surface area contributed by atoms with Crippen LogP contribution in [0.15, 0.2) is 59.7 Å². The fourth-order valence-corrected chi connectivity index (χ4v) is 3.91. The first-order valence-electron chi connectivity index (χ1n) is 9.29. The lowest BCUT2D eigenvalue weighted by atomic mass is 10.1. The summed E-state index contributed by atoms with van der Waals surface area (Å²) < 4.78 is 1.59. The Morgan fingerprint density at radius 3 is 2.90 bits per heavy atom. The molecule has 0 aliphatic carbocycles. The van der Waals surface area contributed by atoms with Crippen LogP contribution in [0, 0.1) is 0 Å². The number of aliphatic imine (C=N–C) groups is 1. The van der Waals surface area contributed by atoms with E-state index in [1.54, 1.807) is 24.0 Å². The zero-order chi connectivity index (χ0) is 20.5. The summed E-state index contributed by atoms with van der Waals surface area (Å²) >= 11 is 1.45. The van der Waals surface area contributed by atoms with Crippen LogP contribution in [0.4, 0.5) is 16.5 Å². The highest BCUT2D eigenvalue weighted by atomic mass is 32.1. The fraction of sp³-hybridized carbons (Fsp3) is 0.0952. The lowest BCUT2D eigenvalue weighted by Crippen LogP contribution is -2.13. The lowest BCUT2D eigenvalue weighted by Gasteiger charge is -2.05. The average Bonchev–Trinajstić information content (AvgIpc) is 3.49. The van der Waals surface area contributed by atoms with Gasteiger partial charge in [-0.3, -0.25) is 14.5 Å². The summed E-state index contributed by atoms with van der Waals surface area (Å²) in [5.74, 6) is -0.257. The number of amides is 1. The molecule has 148 valence electrons. The molecule has 0 saturated heterocycles. The second-order valence-electron chi connectivity index (χ2n) is 6.83. The minimum Gasteiger partial charge on any atom is -0.330 e. The largest absolute Gasteiger partial charge is 0.330 e. The number of aromatic nitrogens is 4. The van der Waals surface area contributed by atoms with Gasteiger partial charge in [-0.1, -0.05) is 29.5 Å². The number of hydrogen-bond acceptors (Lipinski definition) is 7. The third-order valence-corrected chi connectivity index (χ3v) is 5.52. The van der Waals surface area contributed by atoms with E-state index in [0.717, 1.165) is 28.4 Å². The molecule has 8 nitrogen and oxygen atoms in total. The van der Waals surface area contributed by atoms with Crippen molar-refractivity contribution in [1.82, 2.24) is 20.0 Å². The highest BCUT2D eigenvalue weighted by Crippen LogP contribution is 2.30. The van der Waals surface area contributed by atoms with Gasteiger partial charge in [0.2, 0.25) is 5.13 Å². The van der Waals surface area contributed by atoms with Crippen molar-refractivity contribution >= 4 is 40.0 Å². The maximum absolute atomic E-state index is 12.3. The first-order chi connectivity index (χ1) is 14.6. The van der Waals surface area contributed by atoms with E-state index in [-0.39, 0.29) is 5.91 Å². The quantitative estimate of drug-likeness (QED) is 0.516. The number of fused-ring (bicyclic) bond motifs is 1. The predicted octanol–water partition coefficient (Wildman–Crippen LogP) is 3.87. The molecule has 2 N–H and O–H groups in total. The van der Waals surface area contributed by atoms with Crippen LogP contribution in [0.3, 0.4) is 0 Å². The van der Waals surface area contributed by atoms with Crippen molar-refractivity contribution in [1.29, 1.82) is 0 Å². The van der Waals surface area contributed by atoms with Gasteiger partial charge in [0.1, 0.15) is 5.01 Å². The van der Waals surface area contributed by atoms with E-state index >= 15 is 0 Å². The standard InChI is InChI=1S/C21H17N7OS/c1-28-8-7-18(27-28)19(29)23-16-4-2-3-13(9-16)20-25-26-21(30-20)24-17-6-5-14-11-22-12-15(14)10-17/h2-10,12H,11H2,1H3,(H,23,29)(H,24,26). The van der Waals surface area contributed by atoms with Crippen LogP contribution in [0.5, 0.6) is 0 Å². The first kappa shape index (κ1) is 18.2. The molecule has 4 aromatic rings. The summed E-state index contributed by atoms with van der Waals surface area (Å²) in [7, 11) is 1.77. The van der Waals surface area contributed by atoms with Crippen LogP contribution in [0.25, 0.3) is 10.6 Å². The Morgan fingerprint density at radius 1 is 1.10 bits per heavy atom. The number of aryl methyl sites for hydroxylation is 1. The van der Waals surface area contributed by atoms with Crippen molar-refractivity contribution < 1.29 is 4.79 Å². The normalized spacial score (nSPS) is 12.0. The van der Waals surface area contributed by atoms with Gasteiger partial charge < -0.3 is 10.6 Å². The summed E-state index contributed by atoms with van der Waals surface area (Å²) in [6, 6.07) is 15.3. The second kappa shape index (κ2) is 7.53. The molecule has 5 rings (SSSR count). The Kier molecular flexibility index (Phi) is 4.56. The molecule has 1 aliphatic heterocycles. The Balaban J connectivity index is 1.32. The third-order valence-electron chi connectivity index (χ3n) is 4.63. The molecular weight excluding hydrogens is 398 g/mol. The monoisotopic (exact) mass is 415 g/mol. The number of anilines is 3. The van der Waals surface area contributed by atoms with Crippen molar-refractivity contribution in [2.24, 2.45) is 12.0 Å². The SMILES string of the molecule is Cn1ccc(C(=O)Nc2cccc(-c3nnc(Nc4ccc5c(c4)C=NC5)s3)c2)n1. The molecule has 0 saturated carbocycles. The number of carbonyl (C=O) groups is 1. The van der Waals surface area contributed by atoms with Crippen molar-refractivity contribution in [3.63, 3.8) is 0 Å². The fourth-order valence-electron chi connectivity index (χ4n) is 3.15. The smallest absolute Gasteiger partial charge is 0.276 e. The van der Waals surface area contributed by atoms with E-state index in [0.29, 0.717) is 16.5 Å². The van der Waals surface area contributed by atoms with Gasteiger partial charge in [0.05, 0.1) is 6.54 Å².